The maximum atomic E-state index is 12.8. The summed E-state index contributed by atoms with van der Waals surface area (Å²) in [5.74, 6) is 0.698. The molecule has 1 aromatic carbocycles. The van der Waals surface area contributed by atoms with Crippen LogP contribution in [0, 0.1) is 16.7 Å². The third-order valence-electron chi connectivity index (χ3n) is 8.48. The van der Waals surface area contributed by atoms with Gasteiger partial charge in [0.2, 0.25) is 0 Å². The highest BCUT2D eigenvalue weighted by molar-refractivity contribution is 5.90. The molecule has 0 aromatic heterocycles. The molecule has 3 aliphatic carbocycles. The highest BCUT2D eigenvalue weighted by Gasteiger charge is 2.73. The predicted molar refractivity (Wildman–Crippen MR) is 108 cm³/mol. The number of methoxy groups -OCH3 is 1. The highest BCUT2D eigenvalue weighted by Crippen LogP contribution is 2.71. The summed E-state index contributed by atoms with van der Waals surface area (Å²) in [7, 11) is 1.68. The van der Waals surface area contributed by atoms with E-state index in [0.717, 1.165) is 31.3 Å². The summed E-state index contributed by atoms with van der Waals surface area (Å²) in [5.41, 5.74) is 0.0634. The summed E-state index contributed by atoms with van der Waals surface area (Å²) in [4.78, 5) is 37.6. The van der Waals surface area contributed by atoms with Crippen molar-refractivity contribution < 1.29 is 23.9 Å². The second-order valence-electron chi connectivity index (χ2n) is 9.32. The first kappa shape index (κ1) is 20.1. The van der Waals surface area contributed by atoms with E-state index in [2.05, 4.69) is 12.1 Å². The van der Waals surface area contributed by atoms with Gasteiger partial charge < -0.3 is 14.3 Å². The van der Waals surface area contributed by atoms with E-state index in [1.54, 1.807) is 7.11 Å². The minimum absolute atomic E-state index is 0.140. The van der Waals surface area contributed by atoms with Crippen LogP contribution in [0.15, 0.2) is 18.2 Å². The van der Waals surface area contributed by atoms with Crippen molar-refractivity contribution >= 4 is 18.0 Å². The van der Waals surface area contributed by atoms with Crippen molar-refractivity contribution in [3.05, 3.63) is 29.3 Å². The molecule has 0 heterocycles. The van der Waals surface area contributed by atoms with Crippen molar-refractivity contribution in [2.75, 3.05) is 7.11 Å². The molecule has 4 rings (SSSR count). The van der Waals surface area contributed by atoms with Gasteiger partial charge in [0.25, 0.3) is 0 Å². The average Bonchev–Trinajstić information content (AvgIpc) is 2.96. The Bertz CT molecular complexity index is 876. The summed E-state index contributed by atoms with van der Waals surface area (Å²) in [5, 5.41) is 0. The van der Waals surface area contributed by atoms with Gasteiger partial charge in [0.15, 0.2) is 11.4 Å². The van der Waals surface area contributed by atoms with E-state index in [9.17, 15) is 14.4 Å². The lowest BCUT2D eigenvalue weighted by Crippen LogP contribution is -2.61. The first-order valence-electron chi connectivity index (χ1n) is 10.6. The van der Waals surface area contributed by atoms with Crippen LogP contribution in [0.25, 0.3) is 0 Å². The highest BCUT2D eigenvalue weighted by atomic mass is 16.6. The molecule has 0 unspecified atom stereocenters. The Morgan fingerprint density at radius 3 is 2.52 bits per heavy atom. The number of hydrogen-bond donors (Lipinski definition) is 0. The molecule has 0 spiro atoms. The molecule has 2 fully saturated rings. The molecule has 0 bridgehead atoms. The quantitative estimate of drug-likeness (QED) is 0.566. The molecule has 156 valence electrons. The number of esters is 1. The fourth-order valence-corrected chi connectivity index (χ4v) is 7.10. The fraction of sp³-hybridized carbons (Fsp3) is 0.625. The molecule has 2 saturated carbocycles. The number of hydrogen-bond acceptors (Lipinski definition) is 5. The minimum Gasteiger partial charge on any atom is -0.497 e. The van der Waals surface area contributed by atoms with E-state index >= 15 is 0 Å². The second kappa shape index (κ2) is 6.68. The number of ketones is 1. The Balaban J connectivity index is 1.81. The summed E-state index contributed by atoms with van der Waals surface area (Å²) >= 11 is 0. The Morgan fingerprint density at radius 1 is 1.14 bits per heavy atom. The maximum absolute atomic E-state index is 12.8. The number of ether oxygens (including phenoxy) is 2. The molecule has 1 aromatic rings. The van der Waals surface area contributed by atoms with Crippen molar-refractivity contribution in [1.29, 1.82) is 0 Å². The first-order valence-corrected chi connectivity index (χ1v) is 10.6. The Morgan fingerprint density at radius 2 is 1.90 bits per heavy atom. The zero-order valence-corrected chi connectivity index (χ0v) is 17.7. The van der Waals surface area contributed by atoms with Crippen LogP contribution in [0.4, 0.5) is 0 Å². The lowest BCUT2D eigenvalue weighted by atomic mass is 9.46. The topological polar surface area (TPSA) is 69.7 Å². The van der Waals surface area contributed by atoms with Crippen molar-refractivity contribution in [2.24, 2.45) is 16.7 Å². The largest absolute Gasteiger partial charge is 0.497 e. The standard InChI is InChI=1S/C24H30O5/c1-15(26)24(29-16(2)27)12-11-23(14-25)21-8-5-17-13-18(28-4)6-7-19(17)20(21)9-10-22(23,24)3/h6-7,13-14,20-21H,5,8-12H2,1-4H3/t20-,21-,22+,23+,24+/m1/s1. The molecule has 29 heavy (non-hydrogen) atoms. The van der Waals surface area contributed by atoms with Crippen molar-refractivity contribution in [1.82, 2.24) is 0 Å². The van der Waals surface area contributed by atoms with Gasteiger partial charge >= 0.3 is 5.97 Å². The molecule has 0 radical (unpaired) electrons. The van der Waals surface area contributed by atoms with Gasteiger partial charge in [-0.05, 0) is 80.5 Å². The third kappa shape index (κ3) is 2.48. The summed E-state index contributed by atoms with van der Waals surface area (Å²) in [6.45, 7) is 4.87. The number of Topliss-reactive ketones (excluding diaryl/α,β-unsaturated/α-hetero) is 1. The molecule has 5 nitrogen and oxygen atoms in total. The van der Waals surface area contributed by atoms with E-state index in [4.69, 9.17) is 9.47 Å². The fourth-order valence-electron chi connectivity index (χ4n) is 7.10. The van der Waals surface area contributed by atoms with E-state index < -0.39 is 22.4 Å². The number of carbonyl (C=O) groups excluding carboxylic acids is 3. The van der Waals surface area contributed by atoms with Crippen LogP contribution in [0.2, 0.25) is 0 Å². The van der Waals surface area contributed by atoms with Crippen LogP contribution in [-0.2, 0) is 25.5 Å². The first-order chi connectivity index (χ1) is 13.7. The van der Waals surface area contributed by atoms with Crippen molar-refractivity contribution in [3.8, 4) is 5.75 Å². The van der Waals surface area contributed by atoms with Gasteiger partial charge in [0.05, 0.1) is 7.11 Å². The number of aldehydes is 1. The van der Waals surface area contributed by atoms with Crippen molar-refractivity contribution in [2.45, 2.75) is 70.8 Å². The Labute approximate surface area is 172 Å². The monoisotopic (exact) mass is 398 g/mol. The minimum atomic E-state index is -1.20. The zero-order chi connectivity index (χ0) is 21.0. The van der Waals surface area contributed by atoms with Crippen LogP contribution < -0.4 is 4.74 Å². The van der Waals surface area contributed by atoms with Crippen molar-refractivity contribution in [3.63, 3.8) is 0 Å². The predicted octanol–water partition coefficient (Wildman–Crippen LogP) is 4.01. The Hall–Kier alpha value is -2.17. The van der Waals surface area contributed by atoms with Gasteiger partial charge in [-0.2, -0.15) is 0 Å². The van der Waals surface area contributed by atoms with Gasteiger partial charge in [-0.1, -0.05) is 13.0 Å². The van der Waals surface area contributed by atoms with Gasteiger partial charge in [-0.3, -0.25) is 9.59 Å². The van der Waals surface area contributed by atoms with Crippen LogP contribution >= 0.6 is 0 Å². The summed E-state index contributed by atoms with van der Waals surface area (Å²) < 4.78 is 11.2. The lowest BCUT2D eigenvalue weighted by Gasteiger charge is -2.58. The second-order valence-corrected chi connectivity index (χ2v) is 9.32. The number of benzene rings is 1. The molecular weight excluding hydrogens is 368 g/mol. The van der Waals surface area contributed by atoms with E-state index in [1.165, 1.54) is 25.0 Å². The van der Waals surface area contributed by atoms with Crippen LogP contribution in [0.1, 0.15) is 69.9 Å². The van der Waals surface area contributed by atoms with Crippen LogP contribution in [0.5, 0.6) is 5.75 Å². The molecule has 0 saturated heterocycles. The SMILES string of the molecule is COc1ccc2c(c1)CC[C@@H]1[C@@H]2CC[C@]2(C)[C@@](OC(C)=O)(C(C)=O)CC[C@]12C=O. The van der Waals surface area contributed by atoms with E-state index in [-0.39, 0.29) is 17.6 Å². The zero-order valence-electron chi connectivity index (χ0n) is 17.7. The number of aryl methyl sites for hydroxylation is 1. The Kier molecular flexibility index (Phi) is 4.63. The third-order valence-corrected chi connectivity index (χ3v) is 8.48. The summed E-state index contributed by atoms with van der Waals surface area (Å²) in [6, 6.07) is 6.25. The van der Waals surface area contributed by atoms with Crippen LogP contribution in [0.3, 0.4) is 0 Å². The van der Waals surface area contributed by atoms with Gasteiger partial charge in [0, 0.05) is 17.8 Å². The number of carbonyl (C=O) groups is 3. The van der Waals surface area contributed by atoms with Gasteiger partial charge in [0.1, 0.15) is 12.0 Å². The summed E-state index contributed by atoms with van der Waals surface area (Å²) in [6.07, 6.45) is 5.47. The average molecular weight is 398 g/mol. The molecular formula is C24H30O5. The van der Waals surface area contributed by atoms with Gasteiger partial charge in [-0.25, -0.2) is 0 Å². The van der Waals surface area contributed by atoms with Crippen LogP contribution in [-0.4, -0.2) is 30.7 Å². The lowest BCUT2D eigenvalue weighted by molar-refractivity contribution is -0.192. The molecule has 5 heteroatoms. The van der Waals surface area contributed by atoms with Gasteiger partial charge in [-0.15, -0.1) is 0 Å². The molecule has 3 aliphatic rings. The number of rotatable bonds is 4. The normalized spacial score (nSPS) is 37.7. The maximum Gasteiger partial charge on any atom is 0.303 e. The van der Waals surface area contributed by atoms with E-state index in [0.29, 0.717) is 19.3 Å². The smallest absolute Gasteiger partial charge is 0.303 e. The molecule has 0 N–H and O–H groups in total. The molecule has 0 amide bonds. The van der Waals surface area contributed by atoms with E-state index in [1.807, 2.05) is 13.0 Å². The number of fused-ring (bicyclic) bond motifs is 5. The molecule has 5 atom stereocenters. The molecule has 0 aliphatic heterocycles.